The lowest BCUT2D eigenvalue weighted by Crippen LogP contribution is -2.62. The van der Waals surface area contributed by atoms with Gasteiger partial charge >= 0.3 is 54.2 Å². The monoisotopic (exact) mass is 1070 g/mol. The molecule has 0 heterocycles. The van der Waals surface area contributed by atoms with Crippen LogP contribution in [0.15, 0.2) is 42.5 Å². The minimum atomic E-state index is -6.25. The maximum absolute atomic E-state index is 13.0. The number of hydrogen-bond donors (Lipinski definition) is 1. The van der Waals surface area contributed by atoms with Crippen molar-refractivity contribution < 1.29 is 95.9 Å². The van der Waals surface area contributed by atoms with Crippen LogP contribution in [0.1, 0.15) is 129 Å². The molecular weight excluding hydrogens is 1020 g/mol. The van der Waals surface area contributed by atoms with Crippen LogP contribution < -0.4 is 4.74 Å². The van der Waals surface area contributed by atoms with Crippen LogP contribution >= 0.6 is 22.6 Å². The van der Waals surface area contributed by atoms with E-state index in [9.17, 15) is 71.9 Å². The van der Waals surface area contributed by atoms with Gasteiger partial charge in [-0.2, -0.15) is 26.3 Å². The Bertz CT molecular complexity index is 1860. The normalized spacial score (nSPS) is 13.4. The van der Waals surface area contributed by atoms with Crippen LogP contribution in [0.4, 0.5) is 52.7 Å². The molecular formula is C43H55F12IO9. The summed E-state index contributed by atoms with van der Waals surface area (Å²) >= 11 is 2.06. The molecule has 1 atom stereocenters. The van der Waals surface area contributed by atoms with Crippen LogP contribution in [0.2, 0.25) is 0 Å². The Balaban J connectivity index is 0.000000953. The molecule has 9 nitrogen and oxygen atoms in total. The molecule has 0 spiro atoms. The molecule has 0 aliphatic heterocycles. The Labute approximate surface area is 383 Å². The third-order valence-electron chi connectivity index (χ3n) is 9.52. The van der Waals surface area contributed by atoms with Crippen LogP contribution in [-0.2, 0) is 35.2 Å². The first-order valence-electron chi connectivity index (χ1n) is 19.7. The fraction of sp³-hybridized carbons (Fsp3) is 0.628. The fourth-order valence-electron chi connectivity index (χ4n) is 4.25. The van der Waals surface area contributed by atoms with Crippen molar-refractivity contribution in [3.8, 4) is 5.75 Å². The molecule has 1 N–H and O–H groups in total. The van der Waals surface area contributed by atoms with E-state index in [2.05, 4.69) is 32.1 Å². The van der Waals surface area contributed by atoms with E-state index in [1.165, 1.54) is 26.0 Å². The summed E-state index contributed by atoms with van der Waals surface area (Å²) in [6.45, 7) is 16.9. The molecule has 0 fully saturated rings. The van der Waals surface area contributed by atoms with Crippen molar-refractivity contribution in [2.75, 3.05) is 6.61 Å². The molecule has 372 valence electrons. The molecule has 65 heavy (non-hydrogen) atoms. The number of ether oxygens (including phenoxy) is 4. The fourth-order valence-corrected chi connectivity index (χ4v) is 4.81. The summed E-state index contributed by atoms with van der Waals surface area (Å²) in [6.07, 6.45) is -17.2. The van der Waals surface area contributed by atoms with Crippen molar-refractivity contribution in [2.45, 2.75) is 156 Å². The SMILES string of the molecule is CCC(C)(C)C(=O)OCC(F)(F)CC(F)(F)C(F)F.CCC(C)(C)C(=O)Oc1ccc(I)c(C(=O)OC(C)(C)C)c1.CCC(C)c1ccc(COC(=O)C(O)(C(F)(F)F)C(F)(F)F)cc1. The molecule has 0 bridgehead atoms. The quantitative estimate of drug-likeness (QED) is 0.0575. The molecule has 2 rings (SSSR count). The van der Waals surface area contributed by atoms with Crippen molar-refractivity contribution in [1.29, 1.82) is 0 Å². The van der Waals surface area contributed by atoms with Crippen LogP contribution in [0.25, 0.3) is 0 Å². The average Bonchev–Trinajstić information content (AvgIpc) is 3.17. The van der Waals surface area contributed by atoms with Gasteiger partial charge in [0.2, 0.25) is 0 Å². The molecule has 0 saturated carbocycles. The second-order valence-corrected chi connectivity index (χ2v) is 18.2. The number of carbonyl (C=O) groups is 4. The van der Waals surface area contributed by atoms with Gasteiger partial charge in [0.1, 0.15) is 18.0 Å². The smallest absolute Gasteiger partial charge is 0.437 e. The van der Waals surface area contributed by atoms with E-state index in [0.29, 0.717) is 24.2 Å². The van der Waals surface area contributed by atoms with Gasteiger partial charge in [0, 0.05) is 3.57 Å². The first-order valence-corrected chi connectivity index (χ1v) is 20.8. The number of esters is 4. The Kier molecular flexibility index (Phi) is 22.4. The Morgan fingerprint density at radius 2 is 1.17 bits per heavy atom. The first-order chi connectivity index (χ1) is 29.1. The summed E-state index contributed by atoms with van der Waals surface area (Å²) in [6, 6.07) is 11.1. The van der Waals surface area contributed by atoms with Gasteiger partial charge in [-0.1, -0.05) is 52.0 Å². The summed E-state index contributed by atoms with van der Waals surface area (Å²) in [5.41, 5.74) is -6.21. The summed E-state index contributed by atoms with van der Waals surface area (Å²) in [4.78, 5) is 46.9. The van der Waals surface area contributed by atoms with Crippen molar-refractivity contribution in [2.24, 2.45) is 10.8 Å². The van der Waals surface area contributed by atoms with Gasteiger partial charge in [-0.3, -0.25) is 9.59 Å². The Morgan fingerprint density at radius 3 is 1.58 bits per heavy atom. The third-order valence-corrected chi connectivity index (χ3v) is 10.5. The molecule has 1 unspecified atom stereocenters. The number of carbonyl (C=O) groups excluding carboxylic acids is 4. The molecule has 0 aliphatic rings. The molecule has 0 aromatic heterocycles. The first kappa shape index (κ1) is 61.2. The zero-order chi connectivity index (χ0) is 51.4. The van der Waals surface area contributed by atoms with Crippen molar-refractivity contribution in [3.63, 3.8) is 0 Å². The van der Waals surface area contributed by atoms with E-state index in [1.807, 2.05) is 55.4 Å². The Morgan fingerprint density at radius 1 is 0.692 bits per heavy atom. The zero-order valence-corrected chi connectivity index (χ0v) is 39.7. The topological polar surface area (TPSA) is 125 Å². The minimum absolute atomic E-state index is 0.196. The number of aliphatic hydroxyl groups is 1. The van der Waals surface area contributed by atoms with Gasteiger partial charge < -0.3 is 24.1 Å². The van der Waals surface area contributed by atoms with Crippen molar-refractivity contribution in [3.05, 3.63) is 62.7 Å². The van der Waals surface area contributed by atoms with E-state index >= 15 is 0 Å². The van der Waals surface area contributed by atoms with E-state index in [-0.39, 0.29) is 17.5 Å². The average molecular weight is 1070 g/mol. The lowest BCUT2D eigenvalue weighted by Gasteiger charge is -2.29. The van der Waals surface area contributed by atoms with Crippen LogP contribution in [0, 0.1) is 14.4 Å². The highest BCUT2D eigenvalue weighted by atomic mass is 127. The summed E-state index contributed by atoms with van der Waals surface area (Å²) < 4.78 is 169. The van der Waals surface area contributed by atoms with Gasteiger partial charge in [-0.05, 0) is 126 Å². The predicted molar refractivity (Wildman–Crippen MR) is 222 cm³/mol. The molecule has 2 aromatic rings. The van der Waals surface area contributed by atoms with Crippen LogP contribution in [0.3, 0.4) is 0 Å². The highest BCUT2D eigenvalue weighted by molar-refractivity contribution is 14.1. The summed E-state index contributed by atoms with van der Waals surface area (Å²) in [5.74, 6) is -13.0. The minimum Gasteiger partial charge on any atom is -0.459 e. The Hall–Kier alpha value is -3.83. The lowest BCUT2D eigenvalue weighted by molar-refractivity contribution is -0.357. The number of halogens is 13. The standard InChI is InChI=1S/C17H23IO4.C15H16F6O3.C11H16F6O2/c1-7-17(5,6)15(20)21-11-8-9-13(18)12(10-11)14(19)22-16(2,3)4;1-3-9(2)11-6-4-10(5-7-11)8-24-12(22)13(23,14(16,17)18)15(19,20)21;1-4-9(2,3)8(18)19-6-10(14,15)5-11(16,17)7(12)13/h8-10H,7H2,1-6H3;4-7,9,23H,3,8H2,1-2H3;7H,4-6H2,1-3H3. The predicted octanol–water partition coefficient (Wildman–Crippen LogP) is 12.6. The van der Waals surface area contributed by atoms with E-state index in [0.717, 1.165) is 15.6 Å². The van der Waals surface area contributed by atoms with Crippen LogP contribution in [0.5, 0.6) is 5.75 Å². The number of rotatable bonds is 16. The van der Waals surface area contributed by atoms with Crippen LogP contribution in [-0.4, -0.2) is 77.4 Å². The van der Waals surface area contributed by atoms with Gasteiger partial charge in [-0.15, -0.1) is 0 Å². The maximum Gasteiger partial charge on any atom is 0.437 e. The second kappa shape index (κ2) is 23.8. The second-order valence-electron chi connectivity index (χ2n) is 17.0. The molecule has 0 radical (unpaired) electrons. The number of hydrogen-bond acceptors (Lipinski definition) is 9. The van der Waals surface area contributed by atoms with Gasteiger partial charge in [0.05, 0.1) is 22.8 Å². The van der Waals surface area contributed by atoms with E-state index in [1.54, 1.807) is 37.3 Å². The van der Waals surface area contributed by atoms with Gasteiger partial charge in [0.25, 0.3) is 5.92 Å². The molecule has 0 aliphatic carbocycles. The molecule has 2 aromatic carbocycles. The number of benzene rings is 2. The molecule has 0 saturated heterocycles. The molecule has 22 heteroatoms. The molecule has 0 amide bonds. The summed E-state index contributed by atoms with van der Waals surface area (Å²) in [5, 5.41) is 8.86. The van der Waals surface area contributed by atoms with E-state index in [4.69, 9.17) is 14.6 Å². The van der Waals surface area contributed by atoms with E-state index < -0.39 is 90.2 Å². The van der Waals surface area contributed by atoms with Crippen molar-refractivity contribution >= 4 is 46.5 Å². The zero-order valence-electron chi connectivity index (χ0n) is 37.6. The van der Waals surface area contributed by atoms with Crippen molar-refractivity contribution in [1.82, 2.24) is 0 Å². The highest BCUT2D eigenvalue weighted by Gasteiger charge is 2.76. The highest BCUT2D eigenvalue weighted by Crippen LogP contribution is 2.44. The van der Waals surface area contributed by atoms with Gasteiger partial charge in [0.15, 0.2) is 6.61 Å². The van der Waals surface area contributed by atoms with Gasteiger partial charge in [-0.25, -0.2) is 35.9 Å². The third kappa shape index (κ3) is 19.1. The number of alkyl halides is 12. The summed E-state index contributed by atoms with van der Waals surface area (Å²) in [7, 11) is 0. The lowest BCUT2D eigenvalue weighted by atomic mass is 9.91. The largest absolute Gasteiger partial charge is 0.459 e. The maximum atomic E-state index is 13.0.